The monoisotopic (exact) mass is 422 g/mol. The quantitative estimate of drug-likeness (QED) is 0.477. The van der Waals surface area contributed by atoms with E-state index in [1.54, 1.807) is 41.9 Å². The first-order valence-corrected chi connectivity index (χ1v) is 10.7. The summed E-state index contributed by atoms with van der Waals surface area (Å²) in [6.45, 7) is 2.57. The van der Waals surface area contributed by atoms with Gasteiger partial charge in [-0.15, -0.1) is 11.3 Å². The standard InChI is InChI=1S/C21H19FN6OS/c22-16-6-1-4-14(10-16)18-26-20(29-27-18)15-5-2-9-28(11-15)12-17-13-30-21(25-17)19-23-7-3-8-24-19/h1,3-4,6-8,10,13,15H,2,5,9,11-12H2. The van der Waals surface area contributed by atoms with E-state index in [0.29, 0.717) is 23.1 Å². The molecule has 4 heterocycles. The Morgan fingerprint density at radius 3 is 2.90 bits per heavy atom. The number of benzene rings is 1. The minimum absolute atomic E-state index is 0.157. The van der Waals surface area contributed by atoms with Crippen molar-refractivity contribution in [3.63, 3.8) is 0 Å². The van der Waals surface area contributed by atoms with Gasteiger partial charge in [-0.05, 0) is 37.6 Å². The Balaban J connectivity index is 1.26. The molecule has 0 radical (unpaired) electrons. The second-order valence-corrected chi connectivity index (χ2v) is 8.12. The van der Waals surface area contributed by atoms with Crippen molar-refractivity contribution in [1.29, 1.82) is 0 Å². The molecule has 1 saturated heterocycles. The molecule has 0 N–H and O–H groups in total. The van der Waals surface area contributed by atoms with E-state index in [9.17, 15) is 4.39 Å². The number of nitrogens with zero attached hydrogens (tertiary/aromatic N) is 6. The number of hydrogen-bond acceptors (Lipinski definition) is 8. The lowest BCUT2D eigenvalue weighted by atomic mass is 9.98. The molecule has 0 spiro atoms. The summed E-state index contributed by atoms with van der Waals surface area (Å²) in [5.74, 6) is 1.53. The fourth-order valence-corrected chi connectivity index (χ4v) is 4.42. The lowest BCUT2D eigenvalue weighted by Gasteiger charge is -2.30. The van der Waals surface area contributed by atoms with Crippen LogP contribution < -0.4 is 0 Å². The van der Waals surface area contributed by atoms with Crippen molar-refractivity contribution in [2.24, 2.45) is 0 Å². The molecular weight excluding hydrogens is 403 g/mol. The molecule has 0 amide bonds. The van der Waals surface area contributed by atoms with Crippen LogP contribution in [0.5, 0.6) is 0 Å². The van der Waals surface area contributed by atoms with Crippen molar-refractivity contribution in [2.45, 2.75) is 25.3 Å². The van der Waals surface area contributed by atoms with E-state index in [1.807, 2.05) is 0 Å². The summed E-state index contributed by atoms with van der Waals surface area (Å²) in [6.07, 6.45) is 5.48. The normalized spacial score (nSPS) is 17.3. The first-order valence-electron chi connectivity index (χ1n) is 9.78. The van der Waals surface area contributed by atoms with Crippen LogP contribution in [0.15, 0.2) is 52.6 Å². The second-order valence-electron chi connectivity index (χ2n) is 7.26. The van der Waals surface area contributed by atoms with E-state index in [0.717, 1.165) is 43.2 Å². The van der Waals surface area contributed by atoms with Gasteiger partial charge in [-0.2, -0.15) is 4.98 Å². The summed E-state index contributed by atoms with van der Waals surface area (Å²) in [6, 6.07) is 8.03. The third-order valence-corrected chi connectivity index (χ3v) is 5.96. The Labute approximate surface area is 176 Å². The first kappa shape index (κ1) is 19.0. The van der Waals surface area contributed by atoms with Crippen molar-refractivity contribution in [1.82, 2.24) is 30.0 Å². The second kappa shape index (κ2) is 8.37. The van der Waals surface area contributed by atoms with E-state index in [1.165, 1.54) is 12.1 Å². The van der Waals surface area contributed by atoms with Crippen molar-refractivity contribution >= 4 is 11.3 Å². The van der Waals surface area contributed by atoms with Crippen LogP contribution in [0.3, 0.4) is 0 Å². The van der Waals surface area contributed by atoms with Crippen LogP contribution >= 0.6 is 11.3 Å². The average molecular weight is 422 g/mol. The van der Waals surface area contributed by atoms with Crippen LogP contribution in [0.2, 0.25) is 0 Å². The molecular formula is C21H19FN6OS. The number of likely N-dealkylation sites (tertiary alicyclic amines) is 1. The van der Waals surface area contributed by atoms with E-state index in [2.05, 4.69) is 35.4 Å². The van der Waals surface area contributed by atoms with Crippen molar-refractivity contribution in [3.8, 4) is 22.2 Å². The minimum atomic E-state index is -0.314. The zero-order valence-corrected chi connectivity index (χ0v) is 16.9. The molecule has 0 saturated carbocycles. The van der Waals surface area contributed by atoms with Gasteiger partial charge in [-0.1, -0.05) is 17.3 Å². The molecule has 9 heteroatoms. The van der Waals surface area contributed by atoms with Crippen LogP contribution in [0.25, 0.3) is 22.2 Å². The third kappa shape index (κ3) is 4.12. The molecule has 152 valence electrons. The van der Waals surface area contributed by atoms with Gasteiger partial charge in [0, 0.05) is 36.4 Å². The van der Waals surface area contributed by atoms with Crippen LogP contribution in [-0.2, 0) is 6.54 Å². The van der Waals surface area contributed by atoms with Crippen molar-refractivity contribution in [2.75, 3.05) is 13.1 Å². The fourth-order valence-electron chi connectivity index (χ4n) is 3.67. The van der Waals surface area contributed by atoms with Crippen molar-refractivity contribution < 1.29 is 8.91 Å². The Morgan fingerprint density at radius 2 is 2.03 bits per heavy atom. The highest BCUT2D eigenvalue weighted by atomic mass is 32.1. The van der Waals surface area contributed by atoms with Gasteiger partial charge in [0.2, 0.25) is 11.7 Å². The van der Waals surface area contributed by atoms with Gasteiger partial charge >= 0.3 is 0 Å². The highest BCUT2D eigenvalue weighted by Gasteiger charge is 2.27. The molecule has 1 aromatic carbocycles. The minimum Gasteiger partial charge on any atom is -0.339 e. The topological polar surface area (TPSA) is 80.8 Å². The summed E-state index contributed by atoms with van der Waals surface area (Å²) in [7, 11) is 0. The molecule has 1 fully saturated rings. The Morgan fingerprint density at radius 1 is 1.13 bits per heavy atom. The zero-order chi connectivity index (χ0) is 20.3. The van der Waals surface area contributed by atoms with Gasteiger partial charge in [0.05, 0.1) is 11.6 Å². The molecule has 1 unspecified atom stereocenters. The highest BCUT2D eigenvalue weighted by molar-refractivity contribution is 7.13. The molecule has 0 bridgehead atoms. The predicted octanol–water partition coefficient (Wildman–Crippen LogP) is 4.17. The van der Waals surface area contributed by atoms with Gasteiger partial charge in [-0.3, -0.25) is 4.90 Å². The first-order chi connectivity index (χ1) is 14.7. The van der Waals surface area contributed by atoms with Gasteiger partial charge in [0.1, 0.15) is 5.82 Å². The van der Waals surface area contributed by atoms with E-state index < -0.39 is 0 Å². The van der Waals surface area contributed by atoms with Gasteiger partial charge in [0.15, 0.2) is 10.8 Å². The summed E-state index contributed by atoms with van der Waals surface area (Å²) in [4.78, 5) is 20.1. The Hall–Kier alpha value is -3.04. The molecule has 4 aromatic rings. The number of rotatable bonds is 5. The molecule has 1 aliphatic rings. The Kier molecular flexibility index (Phi) is 5.29. The molecule has 1 atom stereocenters. The summed E-state index contributed by atoms with van der Waals surface area (Å²) >= 11 is 1.56. The van der Waals surface area contributed by atoms with Gasteiger partial charge in [-0.25, -0.2) is 19.3 Å². The number of halogens is 1. The summed E-state index contributed by atoms with van der Waals surface area (Å²) in [5, 5.41) is 6.94. The highest BCUT2D eigenvalue weighted by Crippen LogP contribution is 2.29. The number of hydrogen-bond donors (Lipinski definition) is 0. The van der Waals surface area contributed by atoms with E-state index in [-0.39, 0.29) is 11.7 Å². The van der Waals surface area contributed by atoms with Crippen LogP contribution in [0.1, 0.15) is 30.3 Å². The van der Waals surface area contributed by atoms with Crippen LogP contribution in [0.4, 0.5) is 4.39 Å². The van der Waals surface area contributed by atoms with Crippen LogP contribution in [-0.4, -0.2) is 43.1 Å². The third-order valence-electron chi connectivity index (χ3n) is 5.07. The van der Waals surface area contributed by atoms with E-state index >= 15 is 0 Å². The largest absolute Gasteiger partial charge is 0.339 e. The fraction of sp³-hybridized carbons (Fsp3) is 0.286. The average Bonchev–Trinajstić information content (AvgIpc) is 3.45. The maximum absolute atomic E-state index is 13.5. The predicted molar refractivity (Wildman–Crippen MR) is 110 cm³/mol. The molecule has 3 aromatic heterocycles. The number of thiazole rings is 1. The van der Waals surface area contributed by atoms with Gasteiger partial charge < -0.3 is 4.52 Å². The molecule has 5 rings (SSSR count). The van der Waals surface area contributed by atoms with E-state index in [4.69, 9.17) is 4.52 Å². The number of piperidine rings is 1. The van der Waals surface area contributed by atoms with Crippen molar-refractivity contribution in [3.05, 3.63) is 65.5 Å². The lowest BCUT2D eigenvalue weighted by Crippen LogP contribution is -2.34. The SMILES string of the molecule is Fc1cccc(-c2noc(C3CCCN(Cc4csc(-c5ncccn5)n4)C3)n2)c1. The molecule has 7 nitrogen and oxygen atoms in total. The lowest BCUT2D eigenvalue weighted by molar-refractivity contribution is 0.179. The number of aromatic nitrogens is 5. The summed E-state index contributed by atoms with van der Waals surface area (Å²) < 4.78 is 19.0. The molecule has 30 heavy (non-hydrogen) atoms. The molecule has 1 aliphatic heterocycles. The summed E-state index contributed by atoms with van der Waals surface area (Å²) in [5.41, 5.74) is 1.63. The Bertz CT molecular complexity index is 1130. The van der Waals surface area contributed by atoms with Crippen LogP contribution in [0, 0.1) is 5.82 Å². The molecule has 0 aliphatic carbocycles. The maximum Gasteiger partial charge on any atom is 0.231 e. The maximum atomic E-state index is 13.5. The van der Waals surface area contributed by atoms with Gasteiger partial charge in [0.25, 0.3) is 0 Å². The smallest absolute Gasteiger partial charge is 0.231 e. The zero-order valence-electron chi connectivity index (χ0n) is 16.1.